The van der Waals surface area contributed by atoms with Crippen molar-refractivity contribution in [2.24, 2.45) is 0 Å². The van der Waals surface area contributed by atoms with E-state index in [1.165, 1.54) is 36.4 Å². The number of hydrogen-bond donors (Lipinski definition) is 3. The summed E-state index contributed by atoms with van der Waals surface area (Å²) in [6.45, 7) is -0.336. The number of sulfonamides is 1. The quantitative estimate of drug-likeness (QED) is 0.477. The summed E-state index contributed by atoms with van der Waals surface area (Å²) in [4.78, 5) is 24.3. The molecule has 156 valence electrons. The summed E-state index contributed by atoms with van der Waals surface area (Å²) >= 11 is 0. The van der Waals surface area contributed by atoms with E-state index in [0.717, 1.165) is 6.26 Å². The summed E-state index contributed by atoms with van der Waals surface area (Å²) in [5.74, 6) is -1.14. The minimum absolute atomic E-state index is 0.0228. The second-order valence-corrected chi connectivity index (χ2v) is 7.81. The Kier molecular flexibility index (Phi) is 6.06. The van der Waals surface area contributed by atoms with Gasteiger partial charge in [-0.15, -0.1) is 0 Å². The second-order valence-electron chi connectivity index (χ2n) is 6.06. The van der Waals surface area contributed by atoms with Crippen molar-refractivity contribution in [2.45, 2.75) is 6.61 Å². The minimum atomic E-state index is -3.58. The lowest BCUT2D eigenvalue weighted by Crippen LogP contribution is -2.15. The second kappa shape index (κ2) is 8.69. The van der Waals surface area contributed by atoms with E-state index in [1.54, 1.807) is 12.1 Å². The molecule has 3 rings (SSSR count). The molecule has 0 radical (unpaired) electrons. The van der Waals surface area contributed by atoms with Gasteiger partial charge in [-0.1, -0.05) is 12.1 Å². The van der Waals surface area contributed by atoms with E-state index in [2.05, 4.69) is 25.0 Å². The molecule has 0 saturated heterocycles. The van der Waals surface area contributed by atoms with Crippen LogP contribution in [0.25, 0.3) is 0 Å². The fourth-order valence-electron chi connectivity index (χ4n) is 2.38. The van der Waals surface area contributed by atoms with Gasteiger partial charge in [0, 0.05) is 5.69 Å². The zero-order chi connectivity index (χ0) is 21.7. The molecule has 0 aliphatic heterocycles. The van der Waals surface area contributed by atoms with Gasteiger partial charge in [0.1, 0.15) is 5.82 Å². The van der Waals surface area contributed by atoms with E-state index in [0.29, 0.717) is 5.69 Å². The van der Waals surface area contributed by atoms with Crippen LogP contribution in [0.2, 0.25) is 0 Å². The van der Waals surface area contributed by atoms with Crippen LogP contribution in [0.3, 0.4) is 0 Å². The topological polar surface area (TPSA) is 149 Å². The van der Waals surface area contributed by atoms with Crippen LogP contribution >= 0.6 is 0 Å². The number of carbonyl (C=O) groups is 1. The first kappa shape index (κ1) is 20.9. The lowest BCUT2D eigenvalue weighted by Gasteiger charge is -2.11. The van der Waals surface area contributed by atoms with Gasteiger partial charge in [0.2, 0.25) is 21.9 Å². The first-order chi connectivity index (χ1) is 14.2. The normalized spacial score (nSPS) is 11.0. The van der Waals surface area contributed by atoms with Gasteiger partial charge in [-0.25, -0.2) is 17.6 Å². The summed E-state index contributed by atoms with van der Waals surface area (Å²) in [5.41, 5.74) is 6.29. The van der Waals surface area contributed by atoms with E-state index in [-0.39, 0.29) is 35.6 Å². The van der Waals surface area contributed by atoms with Crippen molar-refractivity contribution in [1.29, 1.82) is 0 Å². The summed E-state index contributed by atoms with van der Waals surface area (Å²) in [5, 5.41) is 2.84. The van der Waals surface area contributed by atoms with Crippen LogP contribution in [0.15, 0.2) is 48.5 Å². The van der Waals surface area contributed by atoms with Gasteiger partial charge in [0.05, 0.1) is 17.5 Å². The van der Waals surface area contributed by atoms with Gasteiger partial charge in [-0.3, -0.25) is 4.72 Å². The van der Waals surface area contributed by atoms with Crippen LogP contribution in [0.5, 0.6) is 0 Å². The molecule has 10 nitrogen and oxygen atoms in total. The highest BCUT2D eigenvalue weighted by molar-refractivity contribution is 7.92. The van der Waals surface area contributed by atoms with Gasteiger partial charge >= 0.3 is 5.97 Å². The van der Waals surface area contributed by atoms with Crippen molar-refractivity contribution in [3.63, 3.8) is 0 Å². The molecule has 2 aromatic carbocycles. The Morgan fingerprint density at radius 2 is 1.80 bits per heavy atom. The number of carbonyl (C=O) groups excluding carboxylic acids is 1. The van der Waals surface area contributed by atoms with E-state index in [9.17, 15) is 17.6 Å². The number of para-hydroxylation sites is 1. The molecule has 4 N–H and O–H groups in total. The summed E-state index contributed by atoms with van der Waals surface area (Å²) < 4.78 is 43.4. The number of halogens is 1. The van der Waals surface area contributed by atoms with E-state index in [1.807, 2.05) is 0 Å². The van der Waals surface area contributed by atoms with Crippen LogP contribution in [0.4, 0.5) is 27.7 Å². The van der Waals surface area contributed by atoms with Crippen molar-refractivity contribution < 1.29 is 22.3 Å². The van der Waals surface area contributed by atoms with E-state index >= 15 is 0 Å². The predicted molar refractivity (Wildman–Crippen MR) is 108 cm³/mol. The van der Waals surface area contributed by atoms with Crippen molar-refractivity contribution in [2.75, 3.05) is 22.0 Å². The molecule has 0 spiro atoms. The fraction of sp³-hybridized carbons (Fsp3) is 0.111. The number of aromatic nitrogens is 3. The van der Waals surface area contributed by atoms with Crippen LogP contribution in [0, 0.1) is 5.82 Å². The molecule has 0 saturated carbocycles. The number of nitrogen functional groups attached to an aromatic ring is 1. The smallest absolute Gasteiger partial charge is 0.340 e. The molecule has 0 fully saturated rings. The number of nitrogens with one attached hydrogen (secondary N) is 2. The van der Waals surface area contributed by atoms with Gasteiger partial charge in [-0.2, -0.15) is 15.0 Å². The molecule has 3 aromatic rings. The molecule has 1 aromatic heterocycles. The largest absolute Gasteiger partial charge is 0.454 e. The Balaban J connectivity index is 1.72. The molecule has 0 aliphatic rings. The third-order valence-corrected chi connectivity index (χ3v) is 4.16. The van der Waals surface area contributed by atoms with Gasteiger partial charge in [0.15, 0.2) is 12.4 Å². The average molecular weight is 432 g/mol. The molecule has 0 amide bonds. The van der Waals surface area contributed by atoms with E-state index in [4.69, 9.17) is 10.5 Å². The Labute approximate surface area is 171 Å². The average Bonchev–Trinajstić information content (AvgIpc) is 2.67. The third kappa shape index (κ3) is 5.85. The number of benzene rings is 2. The fourth-order valence-corrected chi connectivity index (χ4v) is 2.96. The third-order valence-electron chi connectivity index (χ3n) is 3.57. The molecule has 0 atom stereocenters. The predicted octanol–water partition coefficient (Wildman–Crippen LogP) is 2.06. The number of esters is 1. The van der Waals surface area contributed by atoms with Crippen molar-refractivity contribution in [1.82, 2.24) is 15.0 Å². The lowest BCUT2D eigenvalue weighted by atomic mass is 10.2. The Hall–Kier alpha value is -3.80. The van der Waals surface area contributed by atoms with Gasteiger partial charge in [-0.05, 0) is 36.4 Å². The number of anilines is 4. The monoisotopic (exact) mass is 432 g/mol. The van der Waals surface area contributed by atoms with Crippen molar-refractivity contribution in [3.8, 4) is 0 Å². The first-order valence-corrected chi connectivity index (χ1v) is 10.4. The number of ether oxygens (including phenoxy) is 1. The maximum Gasteiger partial charge on any atom is 0.340 e. The molecular weight excluding hydrogens is 415 g/mol. The van der Waals surface area contributed by atoms with Crippen LogP contribution in [-0.2, 0) is 21.4 Å². The van der Waals surface area contributed by atoms with Crippen molar-refractivity contribution in [3.05, 3.63) is 65.7 Å². The molecule has 0 bridgehead atoms. The van der Waals surface area contributed by atoms with Crippen LogP contribution in [0.1, 0.15) is 16.2 Å². The van der Waals surface area contributed by atoms with Gasteiger partial charge < -0.3 is 15.8 Å². The molecule has 0 unspecified atom stereocenters. The Morgan fingerprint density at radius 3 is 2.50 bits per heavy atom. The van der Waals surface area contributed by atoms with Crippen LogP contribution < -0.4 is 15.8 Å². The number of hydrogen-bond acceptors (Lipinski definition) is 9. The highest BCUT2D eigenvalue weighted by Gasteiger charge is 2.16. The highest BCUT2D eigenvalue weighted by Crippen LogP contribution is 2.18. The molecule has 1 heterocycles. The lowest BCUT2D eigenvalue weighted by molar-refractivity contribution is 0.0463. The number of nitrogens with zero attached hydrogens (tertiary/aromatic N) is 3. The minimum Gasteiger partial charge on any atom is -0.454 e. The maximum absolute atomic E-state index is 13.0. The zero-order valence-corrected chi connectivity index (χ0v) is 16.5. The molecular formula is C18H17FN6O4S. The Bertz CT molecular complexity index is 1170. The zero-order valence-electron chi connectivity index (χ0n) is 15.7. The molecule has 30 heavy (non-hydrogen) atoms. The number of rotatable bonds is 7. The molecule has 0 aliphatic carbocycles. The standard InChI is InChI=1S/C18H17FN6O4S/c1-30(27,28)25-14-5-3-2-4-13(14)16(26)29-10-15-22-17(20)24-18(23-15)21-12-8-6-11(19)7-9-12/h2-9,25H,10H2,1H3,(H3,20,21,22,23,24). The number of nitrogens with two attached hydrogens (primary N) is 1. The molecule has 12 heteroatoms. The summed E-state index contributed by atoms with van der Waals surface area (Å²) in [6.07, 6.45) is 0.971. The van der Waals surface area contributed by atoms with E-state index < -0.39 is 21.8 Å². The first-order valence-electron chi connectivity index (χ1n) is 8.46. The SMILES string of the molecule is CS(=O)(=O)Nc1ccccc1C(=O)OCc1nc(N)nc(Nc2ccc(F)cc2)n1. The Morgan fingerprint density at radius 1 is 1.10 bits per heavy atom. The highest BCUT2D eigenvalue weighted by atomic mass is 32.2. The maximum atomic E-state index is 13.0. The van der Waals surface area contributed by atoms with Gasteiger partial charge in [0.25, 0.3) is 0 Å². The van der Waals surface area contributed by atoms with Crippen LogP contribution in [-0.4, -0.2) is 35.6 Å². The van der Waals surface area contributed by atoms with Crippen molar-refractivity contribution >= 4 is 39.3 Å². The summed E-state index contributed by atoms with van der Waals surface area (Å²) in [7, 11) is -3.58. The summed E-state index contributed by atoms with van der Waals surface area (Å²) in [6, 6.07) is 11.5.